The molecule has 0 fully saturated rings. The number of carbonyl (C=O) groups is 1. The second-order valence-electron chi connectivity index (χ2n) is 3.90. The fourth-order valence-electron chi connectivity index (χ4n) is 1.57. The van der Waals surface area contributed by atoms with E-state index in [0.29, 0.717) is 5.75 Å². The Labute approximate surface area is 130 Å². The molecule has 4 heteroatoms. The summed E-state index contributed by atoms with van der Waals surface area (Å²) in [5.41, 5.74) is 1.05. The van der Waals surface area contributed by atoms with Gasteiger partial charge in [0.25, 0.3) is 0 Å². The summed E-state index contributed by atoms with van der Waals surface area (Å²) in [4.78, 5) is 11.1. The number of ether oxygens (including phenoxy) is 1. The van der Waals surface area contributed by atoms with Gasteiger partial charge in [0.2, 0.25) is 0 Å². The Balaban J connectivity index is 2.05. The van der Waals surface area contributed by atoms with Crippen molar-refractivity contribution in [3.05, 3.63) is 63.2 Å². The van der Waals surface area contributed by atoms with Crippen molar-refractivity contribution in [2.24, 2.45) is 0 Å². The fourth-order valence-corrected chi connectivity index (χ4v) is 2.06. The van der Waals surface area contributed by atoms with Crippen molar-refractivity contribution in [3.8, 4) is 17.6 Å². The van der Waals surface area contributed by atoms with Crippen LogP contribution in [0.3, 0.4) is 0 Å². The summed E-state index contributed by atoms with van der Waals surface area (Å²) in [5.74, 6) is 5.14. The lowest BCUT2D eigenvalue weighted by Crippen LogP contribution is -2.03. The van der Waals surface area contributed by atoms with Crippen molar-refractivity contribution < 1.29 is 14.6 Å². The highest BCUT2D eigenvalue weighted by Crippen LogP contribution is 2.21. The first-order valence-corrected chi connectivity index (χ1v) is 6.94. The average molecular weight is 378 g/mol. The molecule has 0 saturated heterocycles. The monoisotopic (exact) mass is 378 g/mol. The van der Waals surface area contributed by atoms with Crippen LogP contribution in [-0.4, -0.2) is 17.7 Å². The minimum absolute atomic E-state index is 0.149. The quantitative estimate of drug-likeness (QED) is 0.658. The molecule has 0 bridgehead atoms. The Bertz CT molecular complexity index is 669. The van der Waals surface area contributed by atoms with Crippen LogP contribution in [0.15, 0.2) is 48.5 Å². The molecule has 0 aliphatic carbocycles. The summed E-state index contributed by atoms with van der Waals surface area (Å²) in [5, 5.41) is 9.11. The van der Waals surface area contributed by atoms with Gasteiger partial charge in [0.15, 0.2) is 0 Å². The van der Waals surface area contributed by atoms with E-state index in [1.807, 2.05) is 30.3 Å². The number of halogens is 1. The van der Waals surface area contributed by atoms with Crippen molar-refractivity contribution in [2.75, 3.05) is 6.61 Å². The van der Waals surface area contributed by atoms with Gasteiger partial charge < -0.3 is 9.84 Å². The van der Waals surface area contributed by atoms with Crippen molar-refractivity contribution in [1.82, 2.24) is 0 Å². The van der Waals surface area contributed by atoms with E-state index in [-0.39, 0.29) is 12.2 Å². The maximum Gasteiger partial charge on any atom is 0.339 e. The lowest BCUT2D eigenvalue weighted by atomic mass is 10.2. The molecular formula is C16H11IO3. The van der Waals surface area contributed by atoms with Crippen LogP contribution in [-0.2, 0) is 0 Å². The molecule has 1 N–H and O–H groups in total. The Morgan fingerprint density at radius 1 is 1.20 bits per heavy atom. The van der Waals surface area contributed by atoms with Crippen LogP contribution in [0.2, 0.25) is 0 Å². The SMILES string of the molecule is O=C(O)c1cc(I)ccc1OCC#Cc1ccccc1. The Hall–Kier alpha value is -2.00. The normalized spacial score (nSPS) is 9.45. The zero-order valence-electron chi connectivity index (χ0n) is 10.5. The van der Waals surface area contributed by atoms with E-state index in [4.69, 9.17) is 9.84 Å². The third-order valence-electron chi connectivity index (χ3n) is 2.48. The standard InChI is InChI=1S/C16H11IO3/c17-13-8-9-15(14(11-13)16(18)19)20-10-4-7-12-5-2-1-3-6-12/h1-3,5-6,8-9,11H,10H2,(H,18,19). The number of carboxylic acid groups (broad SMARTS) is 1. The molecule has 2 aromatic rings. The van der Waals surface area contributed by atoms with Gasteiger partial charge in [0, 0.05) is 9.13 Å². The molecule has 0 amide bonds. The molecule has 0 unspecified atom stereocenters. The molecule has 0 radical (unpaired) electrons. The van der Waals surface area contributed by atoms with Crippen molar-refractivity contribution in [2.45, 2.75) is 0 Å². The smallest absolute Gasteiger partial charge is 0.339 e. The van der Waals surface area contributed by atoms with Gasteiger partial charge in [-0.05, 0) is 52.9 Å². The molecule has 2 aromatic carbocycles. The number of rotatable bonds is 3. The highest BCUT2D eigenvalue weighted by molar-refractivity contribution is 14.1. The number of aromatic carboxylic acids is 1. The average Bonchev–Trinajstić information content (AvgIpc) is 2.45. The first-order chi connectivity index (χ1) is 9.66. The summed E-state index contributed by atoms with van der Waals surface area (Å²) < 4.78 is 6.27. The zero-order valence-corrected chi connectivity index (χ0v) is 12.6. The largest absolute Gasteiger partial charge is 0.480 e. The minimum Gasteiger partial charge on any atom is -0.480 e. The fraction of sp³-hybridized carbons (Fsp3) is 0.0625. The van der Waals surface area contributed by atoms with E-state index in [9.17, 15) is 4.79 Å². The molecule has 100 valence electrons. The zero-order chi connectivity index (χ0) is 14.4. The number of hydrogen-bond donors (Lipinski definition) is 1. The summed E-state index contributed by atoms with van der Waals surface area (Å²) in [6.07, 6.45) is 0. The van der Waals surface area contributed by atoms with E-state index in [1.54, 1.807) is 18.2 Å². The van der Waals surface area contributed by atoms with Gasteiger partial charge in [0.1, 0.15) is 17.9 Å². The number of hydrogen-bond acceptors (Lipinski definition) is 2. The first-order valence-electron chi connectivity index (χ1n) is 5.86. The van der Waals surface area contributed by atoms with Crippen LogP contribution >= 0.6 is 22.6 Å². The molecule has 0 aliphatic rings. The van der Waals surface area contributed by atoms with Crippen LogP contribution in [0.5, 0.6) is 5.75 Å². The molecule has 0 aromatic heterocycles. The summed E-state index contributed by atoms with van der Waals surface area (Å²) in [7, 11) is 0. The lowest BCUT2D eigenvalue weighted by molar-refractivity contribution is 0.0693. The van der Waals surface area contributed by atoms with E-state index >= 15 is 0 Å². The molecule has 20 heavy (non-hydrogen) atoms. The summed E-state index contributed by atoms with van der Waals surface area (Å²) in [6, 6.07) is 14.6. The van der Waals surface area contributed by atoms with Crippen LogP contribution < -0.4 is 4.74 Å². The lowest BCUT2D eigenvalue weighted by Gasteiger charge is -2.06. The van der Waals surface area contributed by atoms with E-state index < -0.39 is 5.97 Å². The molecule has 0 atom stereocenters. The predicted octanol–water partition coefficient (Wildman–Crippen LogP) is 3.42. The predicted molar refractivity (Wildman–Crippen MR) is 84.9 cm³/mol. The summed E-state index contributed by atoms with van der Waals surface area (Å²) in [6.45, 7) is 0.149. The number of carboxylic acids is 1. The Kier molecular flexibility index (Phi) is 5.02. The van der Waals surface area contributed by atoms with Crippen molar-refractivity contribution in [1.29, 1.82) is 0 Å². The van der Waals surface area contributed by atoms with E-state index in [2.05, 4.69) is 34.4 Å². The molecule has 3 nitrogen and oxygen atoms in total. The maximum absolute atomic E-state index is 11.1. The molecule has 0 aliphatic heterocycles. The van der Waals surface area contributed by atoms with Crippen molar-refractivity contribution in [3.63, 3.8) is 0 Å². The van der Waals surface area contributed by atoms with Gasteiger partial charge in [-0.15, -0.1) is 0 Å². The molecular weight excluding hydrogens is 367 g/mol. The Morgan fingerprint density at radius 3 is 2.65 bits per heavy atom. The van der Waals surface area contributed by atoms with Gasteiger partial charge in [0.05, 0.1) is 0 Å². The van der Waals surface area contributed by atoms with Gasteiger partial charge in [-0.1, -0.05) is 30.0 Å². The topological polar surface area (TPSA) is 46.5 Å². The van der Waals surface area contributed by atoms with Gasteiger partial charge in [-0.2, -0.15) is 0 Å². The highest BCUT2D eigenvalue weighted by atomic mass is 127. The van der Waals surface area contributed by atoms with E-state index in [1.165, 1.54) is 0 Å². The Morgan fingerprint density at radius 2 is 1.95 bits per heavy atom. The highest BCUT2D eigenvalue weighted by Gasteiger charge is 2.11. The molecule has 0 saturated carbocycles. The summed E-state index contributed by atoms with van der Waals surface area (Å²) >= 11 is 2.06. The molecule has 2 rings (SSSR count). The van der Waals surface area contributed by atoms with Gasteiger partial charge in [-0.25, -0.2) is 4.79 Å². The molecule has 0 spiro atoms. The van der Waals surface area contributed by atoms with Crippen LogP contribution in [0, 0.1) is 15.4 Å². The number of benzene rings is 2. The second kappa shape index (κ2) is 6.96. The van der Waals surface area contributed by atoms with Crippen LogP contribution in [0.25, 0.3) is 0 Å². The third-order valence-corrected chi connectivity index (χ3v) is 3.15. The van der Waals surface area contributed by atoms with Crippen molar-refractivity contribution >= 4 is 28.6 Å². The second-order valence-corrected chi connectivity index (χ2v) is 5.15. The molecule has 0 heterocycles. The first kappa shape index (κ1) is 14.4. The maximum atomic E-state index is 11.1. The van der Waals surface area contributed by atoms with Gasteiger partial charge in [-0.3, -0.25) is 0 Å². The third kappa shape index (κ3) is 4.00. The van der Waals surface area contributed by atoms with Gasteiger partial charge >= 0.3 is 5.97 Å². The minimum atomic E-state index is -1.01. The van der Waals surface area contributed by atoms with Crippen LogP contribution in [0.1, 0.15) is 15.9 Å². The van der Waals surface area contributed by atoms with E-state index in [0.717, 1.165) is 9.13 Å². The van der Waals surface area contributed by atoms with Crippen LogP contribution in [0.4, 0.5) is 0 Å².